The van der Waals surface area contributed by atoms with Crippen molar-refractivity contribution in [2.75, 3.05) is 20.3 Å². The first-order valence-corrected chi connectivity index (χ1v) is 13.1. The Hall–Kier alpha value is -2.44. The lowest BCUT2D eigenvalue weighted by Crippen LogP contribution is -2.69. The molecule has 4 rings (SSSR count). The number of ether oxygens (including phenoxy) is 9. The van der Waals surface area contributed by atoms with E-state index in [2.05, 4.69) is 5.32 Å². The minimum Gasteiger partial charge on any atom is -0.463 e. The van der Waals surface area contributed by atoms with E-state index < -0.39 is 96.7 Å². The molecule has 4 fully saturated rings. The first-order chi connectivity index (χ1) is 19.1. The Bertz CT molecular complexity index is 1030. The maximum atomic E-state index is 14.1. The van der Waals surface area contributed by atoms with Crippen LogP contribution in [0.5, 0.6) is 0 Å². The second-order valence-corrected chi connectivity index (χ2v) is 10.9. The van der Waals surface area contributed by atoms with Gasteiger partial charge in [0.25, 0.3) is 11.7 Å². The standard InChI is InChI=1S/C25H37NO15/c1-11(27)32-9-14-17(34-12(2)28)19(35-13(3)29)16(21(36-14)40-31-8)26-22(30)25-20(39-24(6,7)41-25)18-15(37-25)10-33-23(4,5)38-18/h14-21H,9-10H2,1-8H3,(H,26,30)/t14-,15+,16-,17-,18-,19-,20+,21+,25-/m1/s1. The summed E-state index contributed by atoms with van der Waals surface area (Å²) < 4.78 is 51.9. The van der Waals surface area contributed by atoms with Crippen molar-refractivity contribution in [1.29, 1.82) is 0 Å². The second kappa shape index (κ2) is 11.7. The smallest absolute Gasteiger partial charge is 0.303 e. The van der Waals surface area contributed by atoms with Crippen molar-refractivity contribution < 1.29 is 71.6 Å². The van der Waals surface area contributed by atoms with Crippen molar-refractivity contribution in [2.24, 2.45) is 0 Å². The summed E-state index contributed by atoms with van der Waals surface area (Å²) in [5, 5.41) is 2.70. The van der Waals surface area contributed by atoms with E-state index in [9.17, 15) is 19.2 Å². The lowest BCUT2D eigenvalue weighted by molar-refractivity contribution is -0.400. The van der Waals surface area contributed by atoms with Gasteiger partial charge in [-0.2, -0.15) is 0 Å². The van der Waals surface area contributed by atoms with E-state index in [0.29, 0.717) is 0 Å². The maximum absolute atomic E-state index is 14.1. The summed E-state index contributed by atoms with van der Waals surface area (Å²) in [6.07, 6.45) is -7.83. The zero-order valence-corrected chi connectivity index (χ0v) is 24.2. The number of amides is 1. The Kier molecular flexibility index (Phi) is 8.97. The Balaban J connectivity index is 1.68. The predicted molar refractivity (Wildman–Crippen MR) is 129 cm³/mol. The number of esters is 3. The summed E-state index contributed by atoms with van der Waals surface area (Å²) in [4.78, 5) is 59.9. The maximum Gasteiger partial charge on any atom is 0.303 e. The van der Waals surface area contributed by atoms with Crippen LogP contribution in [0.15, 0.2) is 0 Å². The van der Waals surface area contributed by atoms with Crippen LogP contribution in [-0.2, 0) is 71.6 Å². The zero-order chi connectivity index (χ0) is 30.3. The van der Waals surface area contributed by atoms with Crippen molar-refractivity contribution in [1.82, 2.24) is 5.32 Å². The van der Waals surface area contributed by atoms with Crippen LogP contribution in [0.4, 0.5) is 0 Å². The Labute approximate surface area is 236 Å². The number of rotatable bonds is 8. The third-order valence-corrected chi connectivity index (χ3v) is 6.70. The van der Waals surface area contributed by atoms with Crippen molar-refractivity contribution in [3.63, 3.8) is 0 Å². The molecule has 0 saturated carbocycles. The molecule has 232 valence electrons. The fraction of sp³-hybridized carbons (Fsp3) is 0.840. The lowest BCUT2D eigenvalue weighted by atomic mass is 9.95. The zero-order valence-electron chi connectivity index (χ0n) is 24.2. The molecule has 0 bridgehead atoms. The molecule has 4 aliphatic heterocycles. The molecule has 41 heavy (non-hydrogen) atoms. The van der Waals surface area contributed by atoms with Gasteiger partial charge in [-0.25, -0.2) is 9.78 Å². The molecule has 4 saturated heterocycles. The van der Waals surface area contributed by atoms with Gasteiger partial charge < -0.3 is 47.9 Å². The van der Waals surface area contributed by atoms with Gasteiger partial charge in [0.05, 0.1) is 13.7 Å². The average molecular weight is 592 g/mol. The van der Waals surface area contributed by atoms with Gasteiger partial charge in [0.2, 0.25) is 6.29 Å². The molecule has 0 unspecified atom stereocenters. The number of carbonyl (C=O) groups excluding carboxylic acids is 4. The van der Waals surface area contributed by atoms with E-state index in [1.54, 1.807) is 27.7 Å². The van der Waals surface area contributed by atoms with Gasteiger partial charge in [-0.1, -0.05) is 0 Å². The van der Waals surface area contributed by atoms with Gasteiger partial charge in [0, 0.05) is 20.8 Å². The van der Waals surface area contributed by atoms with E-state index in [4.69, 9.17) is 52.4 Å². The Morgan fingerprint density at radius 1 is 0.878 bits per heavy atom. The average Bonchev–Trinajstić information content (AvgIpc) is 3.28. The number of hydrogen-bond donors (Lipinski definition) is 1. The first-order valence-electron chi connectivity index (χ1n) is 13.1. The molecule has 0 aliphatic carbocycles. The molecule has 16 nitrogen and oxygen atoms in total. The summed E-state index contributed by atoms with van der Waals surface area (Å²) in [7, 11) is 1.19. The summed E-state index contributed by atoms with van der Waals surface area (Å²) in [6.45, 7) is 9.81. The van der Waals surface area contributed by atoms with Crippen LogP contribution < -0.4 is 5.32 Å². The third kappa shape index (κ3) is 6.64. The van der Waals surface area contributed by atoms with Crippen molar-refractivity contribution in [3.8, 4) is 0 Å². The van der Waals surface area contributed by atoms with E-state index >= 15 is 0 Å². The quantitative estimate of drug-likeness (QED) is 0.166. The Morgan fingerprint density at radius 3 is 2.15 bits per heavy atom. The van der Waals surface area contributed by atoms with Gasteiger partial charge in [-0.3, -0.25) is 19.2 Å². The van der Waals surface area contributed by atoms with E-state index in [0.717, 1.165) is 13.8 Å². The SMILES string of the molecule is COO[C@@H]1O[C@H](COC(C)=O)[C@@H](OC(C)=O)[C@H](OC(C)=O)[C@H]1NC(=O)[C@@]12O[C@H]3COC(C)(C)O[C@H]3[C@@H]1OC(C)(C)O2. The summed E-state index contributed by atoms with van der Waals surface area (Å²) in [5.41, 5.74) is 0. The molecule has 0 spiro atoms. The van der Waals surface area contributed by atoms with Crippen LogP contribution in [0.25, 0.3) is 0 Å². The summed E-state index contributed by atoms with van der Waals surface area (Å²) >= 11 is 0. The van der Waals surface area contributed by atoms with Gasteiger partial charge >= 0.3 is 17.9 Å². The van der Waals surface area contributed by atoms with E-state index in [-0.39, 0.29) is 6.61 Å². The van der Waals surface area contributed by atoms with Crippen LogP contribution in [-0.4, -0.2) is 110 Å². The number of hydrogen-bond acceptors (Lipinski definition) is 15. The molecule has 4 aliphatic rings. The van der Waals surface area contributed by atoms with Crippen molar-refractivity contribution in [3.05, 3.63) is 0 Å². The molecule has 1 amide bonds. The van der Waals surface area contributed by atoms with Crippen LogP contribution in [0.3, 0.4) is 0 Å². The second-order valence-electron chi connectivity index (χ2n) is 10.9. The number of fused-ring (bicyclic) bond motifs is 3. The predicted octanol–water partition coefficient (Wildman–Crippen LogP) is -0.401. The molecule has 4 heterocycles. The monoisotopic (exact) mass is 591 g/mol. The minimum atomic E-state index is -2.02. The van der Waals surface area contributed by atoms with Crippen LogP contribution in [0.2, 0.25) is 0 Å². The Morgan fingerprint density at radius 2 is 1.54 bits per heavy atom. The molecule has 1 N–H and O–H groups in total. The molecular formula is C25H37NO15. The largest absolute Gasteiger partial charge is 0.463 e. The van der Waals surface area contributed by atoms with Gasteiger partial charge in [0.1, 0.15) is 31.0 Å². The minimum absolute atomic E-state index is 0.0979. The summed E-state index contributed by atoms with van der Waals surface area (Å²) in [6, 6.07) is -1.36. The van der Waals surface area contributed by atoms with Crippen LogP contribution in [0.1, 0.15) is 48.5 Å². The highest BCUT2D eigenvalue weighted by atomic mass is 17.2. The van der Waals surface area contributed by atoms with Crippen LogP contribution >= 0.6 is 0 Å². The normalized spacial score (nSPS) is 38.7. The molecule has 9 atom stereocenters. The highest BCUT2D eigenvalue weighted by molar-refractivity contribution is 5.86. The molecule has 0 aromatic carbocycles. The lowest BCUT2D eigenvalue weighted by Gasteiger charge is -2.44. The molecule has 0 aromatic rings. The highest BCUT2D eigenvalue weighted by Gasteiger charge is 2.71. The third-order valence-electron chi connectivity index (χ3n) is 6.70. The number of carbonyl (C=O) groups is 4. The fourth-order valence-corrected chi connectivity index (χ4v) is 5.32. The fourth-order valence-electron chi connectivity index (χ4n) is 5.32. The van der Waals surface area contributed by atoms with Gasteiger partial charge in [-0.15, -0.1) is 0 Å². The highest BCUT2D eigenvalue weighted by Crippen LogP contribution is 2.49. The van der Waals surface area contributed by atoms with E-state index in [1.807, 2.05) is 0 Å². The van der Waals surface area contributed by atoms with E-state index in [1.165, 1.54) is 14.0 Å². The van der Waals surface area contributed by atoms with Gasteiger partial charge in [0.15, 0.2) is 29.9 Å². The molecule has 0 radical (unpaired) electrons. The first kappa shape index (κ1) is 31.5. The van der Waals surface area contributed by atoms with Crippen LogP contribution in [0, 0.1) is 0 Å². The van der Waals surface area contributed by atoms with Gasteiger partial charge in [-0.05, 0) is 27.7 Å². The van der Waals surface area contributed by atoms with Crippen molar-refractivity contribution >= 4 is 23.8 Å². The molecular weight excluding hydrogens is 554 g/mol. The topological polar surface area (TPSA) is 182 Å². The molecule has 16 heteroatoms. The summed E-state index contributed by atoms with van der Waals surface area (Å²) in [5.74, 6) is -7.27. The number of nitrogens with one attached hydrogen (secondary N) is 1. The molecule has 0 aromatic heterocycles. The van der Waals surface area contributed by atoms with Crippen molar-refractivity contribution in [2.45, 2.75) is 115 Å².